The highest BCUT2D eigenvalue weighted by Gasteiger charge is 2.30. The lowest BCUT2D eigenvalue weighted by Crippen LogP contribution is -2.24. The summed E-state index contributed by atoms with van der Waals surface area (Å²) in [5.74, 6) is 0.742. The second-order valence-corrected chi connectivity index (χ2v) is 7.63. The van der Waals surface area contributed by atoms with E-state index in [2.05, 4.69) is 51.5 Å². The molecule has 2 unspecified atom stereocenters. The van der Waals surface area contributed by atoms with Crippen molar-refractivity contribution in [1.82, 2.24) is 14.8 Å². The van der Waals surface area contributed by atoms with Gasteiger partial charge in [0.1, 0.15) is 11.6 Å². The summed E-state index contributed by atoms with van der Waals surface area (Å²) < 4.78 is 15.0. The van der Waals surface area contributed by atoms with Crippen LogP contribution in [0.4, 0.5) is 16.0 Å². The molecule has 150 valence electrons. The molecule has 6 nitrogen and oxygen atoms in total. The number of rotatable bonds is 4. The van der Waals surface area contributed by atoms with Crippen LogP contribution in [0.3, 0.4) is 0 Å². The Labute approximate surface area is 169 Å². The molecule has 0 saturated heterocycles. The molecule has 0 radical (unpaired) electrons. The Kier molecular flexibility index (Phi) is 5.05. The summed E-state index contributed by atoms with van der Waals surface area (Å²) >= 11 is 0. The van der Waals surface area contributed by atoms with Crippen molar-refractivity contribution in [1.29, 1.82) is 0 Å². The SMILES string of the molecule is CC1C(c2cccc(N(C)C)c2)CCc2nc(NC(=O)c3ccc(F)cc3)nn21. The van der Waals surface area contributed by atoms with Crippen molar-refractivity contribution in [3.05, 3.63) is 71.3 Å². The Balaban J connectivity index is 1.54. The predicted octanol–water partition coefficient (Wildman–Crippen LogP) is 4.03. The molecule has 2 atom stereocenters. The van der Waals surface area contributed by atoms with Gasteiger partial charge in [-0.2, -0.15) is 4.98 Å². The van der Waals surface area contributed by atoms with Crippen molar-refractivity contribution in [3.8, 4) is 0 Å². The minimum Gasteiger partial charge on any atom is -0.378 e. The first-order valence-electron chi connectivity index (χ1n) is 9.72. The van der Waals surface area contributed by atoms with Crippen LogP contribution in [0.1, 0.15) is 47.1 Å². The van der Waals surface area contributed by atoms with E-state index in [0.717, 1.165) is 18.7 Å². The van der Waals surface area contributed by atoms with E-state index in [1.54, 1.807) is 0 Å². The maximum Gasteiger partial charge on any atom is 0.258 e. The third kappa shape index (κ3) is 3.85. The van der Waals surface area contributed by atoms with Crippen LogP contribution >= 0.6 is 0 Å². The molecule has 0 aliphatic carbocycles. The molecule has 4 rings (SSSR count). The van der Waals surface area contributed by atoms with E-state index in [-0.39, 0.29) is 23.7 Å². The van der Waals surface area contributed by atoms with Gasteiger partial charge in [-0.15, -0.1) is 5.10 Å². The van der Waals surface area contributed by atoms with Gasteiger partial charge in [-0.25, -0.2) is 9.07 Å². The van der Waals surface area contributed by atoms with Crippen molar-refractivity contribution in [2.45, 2.75) is 31.7 Å². The van der Waals surface area contributed by atoms with Crippen molar-refractivity contribution in [2.75, 3.05) is 24.3 Å². The summed E-state index contributed by atoms with van der Waals surface area (Å²) in [6.07, 6.45) is 1.77. The van der Waals surface area contributed by atoms with Crippen molar-refractivity contribution in [2.24, 2.45) is 0 Å². The van der Waals surface area contributed by atoms with Crippen LogP contribution in [-0.2, 0) is 6.42 Å². The topological polar surface area (TPSA) is 63.1 Å². The first-order valence-corrected chi connectivity index (χ1v) is 9.72. The molecule has 7 heteroatoms. The highest BCUT2D eigenvalue weighted by Crippen LogP contribution is 2.38. The number of amides is 1. The van der Waals surface area contributed by atoms with Crippen molar-refractivity contribution < 1.29 is 9.18 Å². The van der Waals surface area contributed by atoms with Crippen LogP contribution in [0.25, 0.3) is 0 Å². The van der Waals surface area contributed by atoms with Gasteiger partial charge < -0.3 is 4.90 Å². The maximum atomic E-state index is 13.1. The summed E-state index contributed by atoms with van der Waals surface area (Å²) in [5, 5.41) is 7.26. The first-order chi connectivity index (χ1) is 13.9. The fourth-order valence-electron chi connectivity index (χ4n) is 3.86. The number of hydrogen-bond acceptors (Lipinski definition) is 4. The van der Waals surface area contributed by atoms with Crippen LogP contribution in [0, 0.1) is 5.82 Å². The number of halogens is 1. The molecule has 1 amide bonds. The Morgan fingerprint density at radius 3 is 2.69 bits per heavy atom. The molecule has 2 heterocycles. The molecule has 1 aliphatic rings. The second-order valence-electron chi connectivity index (χ2n) is 7.63. The standard InChI is InChI=1S/C22H24FN5O/c1-14-19(16-5-4-6-18(13-16)27(2)3)11-12-20-24-22(26-28(14)20)25-21(29)15-7-9-17(23)10-8-15/h4-10,13-14,19H,11-12H2,1-3H3,(H,25,26,29). The molecule has 0 fully saturated rings. The van der Waals surface area contributed by atoms with Gasteiger partial charge in [0.15, 0.2) is 0 Å². The number of fused-ring (bicyclic) bond motifs is 1. The second kappa shape index (κ2) is 7.66. The molecule has 1 aliphatic heterocycles. The van der Waals surface area contributed by atoms with Gasteiger partial charge in [0, 0.05) is 37.7 Å². The van der Waals surface area contributed by atoms with Crippen LogP contribution in [-0.4, -0.2) is 34.8 Å². The van der Waals surface area contributed by atoms with Gasteiger partial charge >= 0.3 is 0 Å². The van der Waals surface area contributed by atoms with Gasteiger partial charge in [0.25, 0.3) is 5.91 Å². The Morgan fingerprint density at radius 2 is 1.97 bits per heavy atom. The lowest BCUT2D eigenvalue weighted by molar-refractivity contribution is 0.102. The van der Waals surface area contributed by atoms with Gasteiger partial charge in [-0.05, 0) is 55.3 Å². The Hall–Kier alpha value is -3.22. The average molecular weight is 393 g/mol. The molecular formula is C22H24FN5O. The first kappa shape index (κ1) is 19.1. The van der Waals surface area contributed by atoms with E-state index in [9.17, 15) is 9.18 Å². The number of hydrogen-bond donors (Lipinski definition) is 1. The third-order valence-corrected chi connectivity index (χ3v) is 5.50. The largest absolute Gasteiger partial charge is 0.378 e. The molecule has 1 aromatic heterocycles. The van der Waals surface area contributed by atoms with Gasteiger partial charge in [-0.3, -0.25) is 10.1 Å². The van der Waals surface area contributed by atoms with Crippen LogP contribution in [0.2, 0.25) is 0 Å². The summed E-state index contributed by atoms with van der Waals surface area (Å²) in [4.78, 5) is 19.0. The van der Waals surface area contributed by atoms with Crippen LogP contribution < -0.4 is 10.2 Å². The third-order valence-electron chi connectivity index (χ3n) is 5.50. The fourth-order valence-corrected chi connectivity index (χ4v) is 3.86. The molecule has 0 bridgehead atoms. The summed E-state index contributed by atoms with van der Waals surface area (Å²) in [7, 11) is 4.07. The number of aryl methyl sites for hydroxylation is 1. The van der Waals surface area contributed by atoms with E-state index >= 15 is 0 Å². The van der Waals surface area contributed by atoms with E-state index in [4.69, 9.17) is 0 Å². The van der Waals surface area contributed by atoms with Gasteiger partial charge in [-0.1, -0.05) is 12.1 Å². The molecule has 1 N–H and O–H groups in total. The lowest BCUT2D eigenvalue weighted by atomic mass is 9.85. The number of benzene rings is 2. The van der Waals surface area contributed by atoms with Gasteiger partial charge in [0.05, 0.1) is 6.04 Å². The molecular weight excluding hydrogens is 369 g/mol. The number of aromatic nitrogens is 3. The zero-order chi connectivity index (χ0) is 20.5. The van der Waals surface area contributed by atoms with Gasteiger partial charge in [0.2, 0.25) is 5.95 Å². The average Bonchev–Trinajstić information content (AvgIpc) is 3.12. The Bertz CT molecular complexity index is 1030. The maximum absolute atomic E-state index is 13.1. The number of nitrogens with zero attached hydrogens (tertiary/aromatic N) is 4. The predicted molar refractivity (Wildman–Crippen MR) is 111 cm³/mol. The van der Waals surface area contributed by atoms with Crippen LogP contribution in [0.15, 0.2) is 48.5 Å². The molecule has 3 aromatic rings. The summed E-state index contributed by atoms with van der Waals surface area (Å²) in [6.45, 7) is 2.13. The summed E-state index contributed by atoms with van der Waals surface area (Å²) in [5.41, 5.74) is 2.82. The van der Waals surface area contributed by atoms with E-state index in [0.29, 0.717) is 11.5 Å². The van der Waals surface area contributed by atoms with E-state index in [1.807, 2.05) is 18.8 Å². The number of carbonyl (C=O) groups is 1. The zero-order valence-electron chi connectivity index (χ0n) is 16.8. The minimum atomic E-state index is -0.379. The van der Waals surface area contributed by atoms with Crippen LogP contribution in [0.5, 0.6) is 0 Å². The number of anilines is 2. The lowest BCUT2D eigenvalue weighted by Gasteiger charge is -2.30. The quantitative estimate of drug-likeness (QED) is 0.727. The normalized spacial score (nSPS) is 18.2. The highest BCUT2D eigenvalue weighted by molar-refractivity contribution is 6.03. The van der Waals surface area contributed by atoms with Crippen molar-refractivity contribution in [3.63, 3.8) is 0 Å². The summed E-state index contributed by atoms with van der Waals surface area (Å²) in [6, 6.07) is 14.1. The zero-order valence-corrected chi connectivity index (χ0v) is 16.8. The molecule has 0 spiro atoms. The molecule has 29 heavy (non-hydrogen) atoms. The minimum absolute atomic E-state index is 0.125. The number of nitrogens with one attached hydrogen (secondary N) is 1. The van der Waals surface area contributed by atoms with Crippen molar-refractivity contribution >= 4 is 17.5 Å². The monoisotopic (exact) mass is 393 g/mol. The smallest absolute Gasteiger partial charge is 0.258 e. The van der Waals surface area contributed by atoms with E-state index < -0.39 is 0 Å². The Morgan fingerprint density at radius 1 is 1.21 bits per heavy atom. The molecule has 0 saturated carbocycles. The van der Waals surface area contributed by atoms with E-state index in [1.165, 1.54) is 35.5 Å². The fraction of sp³-hybridized carbons (Fsp3) is 0.318. The number of carbonyl (C=O) groups excluding carboxylic acids is 1. The highest BCUT2D eigenvalue weighted by atomic mass is 19.1. The molecule has 2 aromatic carbocycles.